The van der Waals surface area contributed by atoms with Crippen LogP contribution in [0.4, 0.5) is 4.39 Å². The Morgan fingerprint density at radius 2 is 2.19 bits per heavy atom. The van der Waals surface area contributed by atoms with Crippen LogP contribution in [0.3, 0.4) is 0 Å². The zero-order valence-corrected chi connectivity index (χ0v) is 13.9. The summed E-state index contributed by atoms with van der Waals surface area (Å²) in [4.78, 5) is 18.7. The van der Waals surface area contributed by atoms with Crippen LogP contribution in [0.25, 0.3) is 11.4 Å². The van der Waals surface area contributed by atoms with Crippen molar-refractivity contribution in [1.82, 2.24) is 15.1 Å². The van der Waals surface area contributed by atoms with E-state index in [2.05, 4.69) is 21.7 Å². The van der Waals surface area contributed by atoms with Crippen LogP contribution < -0.4 is 4.74 Å². The molecule has 26 heavy (non-hydrogen) atoms. The minimum Gasteiger partial charge on any atom is -0.478 e. The van der Waals surface area contributed by atoms with E-state index in [0.717, 1.165) is 6.07 Å². The molecule has 0 amide bonds. The number of pyridine rings is 1. The van der Waals surface area contributed by atoms with Crippen molar-refractivity contribution in [3.63, 3.8) is 0 Å². The summed E-state index contributed by atoms with van der Waals surface area (Å²) >= 11 is 6.17. The van der Waals surface area contributed by atoms with Gasteiger partial charge in [-0.3, -0.25) is 0 Å². The summed E-state index contributed by atoms with van der Waals surface area (Å²) in [5.41, 5.74) is 0.0602. The molecule has 1 N–H and O–H groups in total. The molecule has 0 aliphatic carbocycles. The van der Waals surface area contributed by atoms with Crippen LogP contribution in [0.2, 0.25) is 5.02 Å². The van der Waals surface area contributed by atoms with E-state index in [1.165, 1.54) is 12.3 Å². The van der Waals surface area contributed by atoms with Crippen molar-refractivity contribution in [2.75, 3.05) is 0 Å². The summed E-state index contributed by atoms with van der Waals surface area (Å²) in [5, 5.41) is 12.6. The van der Waals surface area contributed by atoms with Gasteiger partial charge in [-0.15, -0.1) is 0 Å². The van der Waals surface area contributed by atoms with Crippen LogP contribution in [0.5, 0.6) is 11.6 Å². The van der Waals surface area contributed by atoms with Gasteiger partial charge in [0.05, 0.1) is 11.4 Å². The maximum Gasteiger partial charge on any atom is 0.331 e. The maximum atomic E-state index is 14.3. The van der Waals surface area contributed by atoms with Crippen LogP contribution in [0.15, 0.2) is 53.2 Å². The molecule has 0 bridgehead atoms. The van der Waals surface area contributed by atoms with Gasteiger partial charge in [0.1, 0.15) is 0 Å². The van der Waals surface area contributed by atoms with Gasteiger partial charge >= 0.3 is 5.97 Å². The molecule has 2 heterocycles. The SMILES string of the molecule is C=C(Cc1nc(-c2cc(F)c(Oc3ccccn3)cc2Cl)no1)C(=O)O. The number of carbonyl (C=O) groups is 1. The molecule has 0 fully saturated rings. The summed E-state index contributed by atoms with van der Waals surface area (Å²) in [7, 11) is 0. The van der Waals surface area contributed by atoms with E-state index in [1.54, 1.807) is 18.2 Å². The first-order valence-electron chi connectivity index (χ1n) is 7.26. The third kappa shape index (κ3) is 3.86. The molecule has 7 nitrogen and oxygen atoms in total. The van der Waals surface area contributed by atoms with Crippen molar-refractivity contribution in [3.8, 4) is 23.0 Å². The number of hydrogen-bond acceptors (Lipinski definition) is 6. The van der Waals surface area contributed by atoms with Gasteiger partial charge in [-0.25, -0.2) is 14.2 Å². The molecule has 0 saturated heterocycles. The number of halogens is 2. The van der Waals surface area contributed by atoms with E-state index >= 15 is 0 Å². The van der Waals surface area contributed by atoms with Crippen molar-refractivity contribution in [3.05, 3.63) is 65.4 Å². The van der Waals surface area contributed by atoms with Crippen molar-refractivity contribution in [2.24, 2.45) is 0 Å². The highest BCUT2D eigenvalue weighted by atomic mass is 35.5. The number of benzene rings is 1. The zero-order valence-electron chi connectivity index (χ0n) is 13.1. The van der Waals surface area contributed by atoms with Crippen LogP contribution >= 0.6 is 11.6 Å². The number of carboxylic acid groups (broad SMARTS) is 1. The summed E-state index contributed by atoms with van der Waals surface area (Å²) in [6.07, 6.45) is 1.37. The summed E-state index contributed by atoms with van der Waals surface area (Å²) in [6, 6.07) is 7.34. The van der Waals surface area contributed by atoms with Crippen molar-refractivity contribution < 1.29 is 23.6 Å². The second kappa shape index (κ2) is 7.32. The third-order valence-electron chi connectivity index (χ3n) is 3.25. The van der Waals surface area contributed by atoms with E-state index in [0.29, 0.717) is 0 Å². The molecule has 0 aliphatic heterocycles. The Morgan fingerprint density at radius 1 is 1.38 bits per heavy atom. The van der Waals surface area contributed by atoms with Crippen molar-refractivity contribution in [1.29, 1.82) is 0 Å². The van der Waals surface area contributed by atoms with Crippen LogP contribution in [0, 0.1) is 5.82 Å². The molecule has 9 heteroatoms. The van der Waals surface area contributed by atoms with E-state index < -0.39 is 11.8 Å². The number of rotatable bonds is 6. The smallest absolute Gasteiger partial charge is 0.331 e. The Hall–Kier alpha value is -3.26. The molecule has 0 saturated carbocycles. The topological polar surface area (TPSA) is 98.3 Å². The third-order valence-corrected chi connectivity index (χ3v) is 3.56. The first kappa shape index (κ1) is 17.6. The van der Waals surface area contributed by atoms with E-state index in [9.17, 15) is 9.18 Å². The monoisotopic (exact) mass is 375 g/mol. The van der Waals surface area contributed by atoms with Gasteiger partial charge in [-0.1, -0.05) is 29.4 Å². The summed E-state index contributed by atoms with van der Waals surface area (Å²) in [5.74, 6) is -1.73. The Bertz CT molecular complexity index is 975. The Morgan fingerprint density at radius 3 is 2.88 bits per heavy atom. The molecule has 2 aromatic heterocycles. The quantitative estimate of drug-likeness (QED) is 0.652. The maximum absolute atomic E-state index is 14.3. The van der Waals surface area contributed by atoms with E-state index in [4.69, 9.17) is 26.0 Å². The van der Waals surface area contributed by atoms with Gasteiger partial charge < -0.3 is 14.4 Å². The second-order valence-corrected chi connectivity index (χ2v) is 5.54. The van der Waals surface area contributed by atoms with E-state index in [1.807, 2.05) is 0 Å². The first-order valence-corrected chi connectivity index (χ1v) is 7.64. The van der Waals surface area contributed by atoms with Crippen molar-refractivity contribution in [2.45, 2.75) is 6.42 Å². The standard InChI is InChI=1S/C17H11ClFN3O4/c1-9(17(23)24)6-15-21-16(22-26-15)10-7-12(19)13(8-11(10)18)25-14-4-2-3-5-20-14/h2-5,7-8H,1,6H2,(H,23,24). The highest BCUT2D eigenvalue weighted by Gasteiger charge is 2.18. The molecule has 0 atom stereocenters. The van der Waals surface area contributed by atoms with Crippen LogP contribution in [-0.4, -0.2) is 26.2 Å². The lowest BCUT2D eigenvalue weighted by molar-refractivity contribution is -0.132. The number of ether oxygens (including phenoxy) is 1. The average molecular weight is 376 g/mol. The summed E-state index contributed by atoms with van der Waals surface area (Å²) < 4.78 is 24.6. The number of carboxylic acids is 1. The molecule has 1 aromatic carbocycles. The number of hydrogen-bond donors (Lipinski definition) is 1. The van der Waals surface area contributed by atoms with Gasteiger partial charge in [0.15, 0.2) is 11.6 Å². The highest BCUT2D eigenvalue weighted by molar-refractivity contribution is 6.33. The molecule has 3 aromatic rings. The molecule has 0 unspecified atom stereocenters. The van der Waals surface area contributed by atoms with Crippen LogP contribution in [0.1, 0.15) is 5.89 Å². The zero-order chi connectivity index (χ0) is 18.7. The second-order valence-electron chi connectivity index (χ2n) is 5.13. The van der Waals surface area contributed by atoms with Gasteiger partial charge in [0.2, 0.25) is 17.6 Å². The highest BCUT2D eigenvalue weighted by Crippen LogP contribution is 2.33. The Kier molecular flexibility index (Phi) is 4.94. The lowest BCUT2D eigenvalue weighted by Crippen LogP contribution is -2.02. The number of aromatic nitrogens is 3. The Labute approximate surface area is 151 Å². The average Bonchev–Trinajstić information content (AvgIpc) is 3.07. The van der Waals surface area contributed by atoms with Gasteiger partial charge in [0, 0.05) is 29.5 Å². The molecular formula is C17H11ClFN3O4. The lowest BCUT2D eigenvalue weighted by Gasteiger charge is -2.08. The minimum atomic E-state index is -1.18. The minimum absolute atomic E-state index is 0.0199. The number of aliphatic carboxylic acids is 1. The molecule has 0 spiro atoms. The predicted molar refractivity (Wildman–Crippen MR) is 89.5 cm³/mol. The molecular weight excluding hydrogens is 365 g/mol. The predicted octanol–water partition coefficient (Wildman–Crippen LogP) is 3.90. The largest absolute Gasteiger partial charge is 0.478 e. The fourth-order valence-corrected chi connectivity index (χ4v) is 2.23. The number of nitrogens with zero attached hydrogens (tertiary/aromatic N) is 3. The molecule has 3 rings (SSSR count). The van der Waals surface area contributed by atoms with Gasteiger partial charge in [-0.2, -0.15) is 4.98 Å². The normalized spacial score (nSPS) is 10.5. The first-order chi connectivity index (χ1) is 12.4. The molecule has 0 aliphatic rings. The van der Waals surface area contributed by atoms with Crippen molar-refractivity contribution >= 4 is 17.6 Å². The molecule has 0 radical (unpaired) electrons. The Balaban J connectivity index is 1.85. The van der Waals surface area contributed by atoms with E-state index in [-0.39, 0.29) is 45.9 Å². The fraction of sp³-hybridized carbons (Fsp3) is 0.0588. The molecule has 132 valence electrons. The fourth-order valence-electron chi connectivity index (χ4n) is 1.99. The lowest BCUT2D eigenvalue weighted by atomic mass is 10.2. The van der Waals surface area contributed by atoms with Gasteiger partial charge in [0.25, 0.3) is 0 Å². The van der Waals surface area contributed by atoms with Crippen LogP contribution in [-0.2, 0) is 11.2 Å². The summed E-state index contributed by atoms with van der Waals surface area (Å²) in [6.45, 7) is 3.38. The van der Waals surface area contributed by atoms with Gasteiger partial charge in [-0.05, 0) is 12.1 Å².